The lowest BCUT2D eigenvalue weighted by atomic mass is 9.76. The molecule has 0 bridgehead atoms. The molecule has 4 unspecified atom stereocenters. The van der Waals surface area contributed by atoms with Gasteiger partial charge >= 0.3 is 5.97 Å². The molecule has 3 aromatic rings. The molecule has 35 heavy (non-hydrogen) atoms. The maximum Gasteiger partial charge on any atom is 0.325 e. The quantitative estimate of drug-likeness (QED) is 0.542. The Morgan fingerprint density at radius 3 is 2.09 bits per heavy atom. The standard InChI is InChI=1S/C28H23N3O4/c29-16-19-11-13-21(14-12-19)24-22-23(26(33)31(25(22)32)17-20-9-5-2-6-10-20)28(30-24,27(34)35)15-18-7-3-1-4-8-18/h1-14,22-24,30H,15,17H2,(H,34,35). The molecule has 2 N–H and O–H groups in total. The summed E-state index contributed by atoms with van der Waals surface area (Å²) in [5.41, 5.74) is 1.00. The van der Waals surface area contributed by atoms with Crippen LogP contribution in [0.5, 0.6) is 0 Å². The van der Waals surface area contributed by atoms with Crippen LogP contribution in [0, 0.1) is 23.2 Å². The molecule has 7 heteroatoms. The first-order chi connectivity index (χ1) is 16.9. The molecular formula is C28H23N3O4. The van der Waals surface area contributed by atoms with Crippen LogP contribution in [0.3, 0.4) is 0 Å². The van der Waals surface area contributed by atoms with Gasteiger partial charge in [-0.25, -0.2) is 0 Å². The molecule has 2 amide bonds. The number of hydrogen-bond donors (Lipinski definition) is 2. The van der Waals surface area contributed by atoms with Crippen molar-refractivity contribution >= 4 is 17.8 Å². The van der Waals surface area contributed by atoms with Crippen molar-refractivity contribution in [1.82, 2.24) is 10.2 Å². The molecule has 5 rings (SSSR count). The maximum atomic E-state index is 13.7. The van der Waals surface area contributed by atoms with Crippen molar-refractivity contribution in [2.24, 2.45) is 11.8 Å². The van der Waals surface area contributed by atoms with Crippen molar-refractivity contribution in [3.05, 3.63) is 107 Å². The Balaban J connectivity index is 1.60. The minimum Gasteiger partial charge on any atom is -0.480 e. The third-order valence-electron chi connectivity index (χ3n) is 7.04. The summed E-state index contributed by atoms with van der Waals surface area (Å²) in [5, 5.41) is 22.9. The smallest absolute Gasteiger partial charge is 0.325 e. The van der Waals surface area contributed by atoms with Crippen LogP contribution in [0.25, 0.3) is 0 Å². The number of carbonyl (C=O) groups is 3. The molecular weight excluding hydrogens is 442 g/mol. The number of aliphatic carboxylic acids is 1. The topological polar surface area (TPSA) is 110 Å². The van der Waals surface area contributed by atoms with Gasteiger partial charge in [-0.15, -0.1) is 0 Å². The summed E-state index contributed by atoms with van der Waals surface area (Å²) in [6.07, 6.45) is 0.0509. The number of likely N-dealkylation sites (tertiary alicyclic amines) is 1. The Labute approximate surface area is 202 Å². The molecule has 2 aliphatic rings. The summed E-state index contributed by atoms with van der Waals surface area (Å²) >= 11 is 0. The van der Waals surface area contributed by atoms with Crippen molar-refractivity contribution in [2.75, 3.05) is 0 Å². The van der Waals surface area contributed by atoms with Crippen molar-refractivity contribution in [3.63, 3.8) is 0 Å². The van der Waals surface area contributed by atoms with Gasteiger partial charge in [-0.2, -0.15) is 5.26 Å². The highest BCUT2D eigenvalue weighted by atomic mass is 16.4. The van der Waals surface area contributed by atoms with Crippen molar-refractivity contribution < 1.29 is 19.5 Å². The molecule has 0 saturated carbocycles. The first-order valence-electron chi connectivity index (χ1n) is 11.4. The lowest BCUT2D eigenvalue weighted by molar-refractivity contribution is -0.151. The van der Waals surface area contributed by atoms with Crippen molar-refractivity contribution in [3.8, 4) is 6.07 Å². The van der Waals surface area contributed by atoms with Crippen LogP contribution in [-0.2, 0) is 27.3 Å². The largest absolute Gasteiger partial charge is 0.480 e. The second-order valence-electron chi connectivity index (χ2n) is 9.05. The number of hydrogen-bond acceptors (Lipinski definition) is 5. The number of imide groups is 1. The summed E-state index contributed by atoms with van der Waals surface area (Å²) in [4.78, 5) is 41.5. The zero-order valence-corrected chi connectivity index (χ0v) is 18.8. The molecule has 0 radical (unpaired) electrons. The van der Waals surface area contributed by atoms with E-state index in [9.17, 15) is 19.5 Å². The van der Waals surface area contributed by atoms with Crippen LogP contribution in [0.15, 0.2) is 84.9 Å². The van der Waals surface area contributed by atoms with Crippen LogP contribution >= 0.6 is 0 Å². The van der Waals surface area contributed by atoms with Gasteiger partial charge in [0.05, 0.1) is 30.0 Å². The maximum absolute atomic E-state index is 13.7. The van der Waals surface area contributed by atoms with Crippen molar-refractivity contribution in [1.29, 1.82) is 5.26 Å². The molecule has 2 saturated heterocycles. The van der Waals surface area contributed by atoms with Crippen LogP contribution in [-0.4, -0.2) is 33.3 Å². The Hall–Kier alpha value is -4.28. The van der Waals surface area contributed by atoms with Crippen LogP contribution < -0.4 is 5.32 Å². The molecule has 2 fully saturated rings. The van der Waals surface area contributed by atoms with Gasteiger partial charge < -0.3 is 5.11 Å². The van der Waals surface area contributed by atoms with E-state index in [1.54, 1.807) is 24.3 Å². The molecule has 7 nitrogen and oxygen atoms in total. The predicted molar refractivity (Wildman–Crippen MR) is 127 cm³/mol. The number of carboxylic acid groups (broad SMARTS) is 1. The summed E-state index contributed by atoms with van der Waals surface area (Å²) in [5.74, 6) is -3.99. The number of rotatable bonds is 6. The second-order valence-corrected chi connectivity index (χ2v) is 9.05. The minimum absolute atomic E-state index is 0.0509. The van der Waals surface area contributed by atoms with Crippen LogP contribution in [0.2, 0.25) is 0 Å². The van der Waals surface area contributed by atoms with Crippen LogP contribution in [0.4, 0.5) is 0 Å². The molecule has 0 spiro atoms. The Bertz CT molecular complexity index is 1320. The van der Waals surface area contributed by atoms with E-state index in [4.69, 9.17) is 5.26 Å². The summed E-state index contributed by atoms with van der Waals surface area (Å²) in [7, 11) is 0. The van der Waals surface area contributed by atoms with E-state index >= 15 is 0 Å². The van der Waals surface area contributed by atoms with Gasteiger partial charge in [-0.3, -0.25) is 24.6 Å². The highest BCUT2D eigenvalue weighted by Gasteiger charge is 2.68. The number of benzene rings is 3. The van der Waals surface area contributed by atoms with E-state index in [1.807, 2.05) is 60.7 Å². The lowest BCUT2D eigenvalue weighted by Crippen LogP contribution is -2.57. The molecule has 4 atom stereocenters. The Kier molecular flexibility index (Phi) is 5.67. The lowest BCUT2D eigenvalue weighted by Gasteiger charge is -2.31. The highest BCUT2D eigenvalue weighted by molar-refractivity contribution is 6.09. The number of carboxylic acids is 1. The van der Waals surface area contributed by atoms with Crippen LogP contribution in [0.1, 0.15) is 28.3 Å². The van der Waals surface area contributed by atoms with E-state index in [-0.39, 0.29) is 18.9 Å². The number of fused-ring (bicyclic) bond motifs is 1. The Morgan fingerprint density at radius 1 is 0.914 bits per heavy atom. The number of amides is 2. The van der Waals surface area contributed by atoms with Gasteiger partial charge in [0.25, 0.3) is 0 Å². The zero-order valence-electron chi connectivity index (χ0n) is 18.8. The third kappa shape index (κ3) is 3.78. The number of carbonyl (C=O) groups excluding carboxylic acids is 2. The third-order valence-corrected chi connectivity index (χ3v) is 7.04. The van der Waals surface area contributed by atoms with Gasteiger partial charge in [0.1, 0.15) is 5.54 Å². The van der Waals surface area contributed by atoms with Gasteiger partial charge in [0.15, 0.2) is 0 Å². The van der Waals surface area contributed by atoms with Gasteiger partial charge in [-0.05, 0) is 28.8 Å². The first-order valence-corrected chi connectivity index (χ1v) is 11.4. The first kappa shape index (κ1) is 22.5. The molecule has 0 aliphatic carbocycles. The fraction of sp³-hybridized carbons (Fsp3) is 0.214. The predicted octanol–water partition coefficient (Wildman–Crippen LogP) is 3.07. The fourth-order valence-corrected chi connectivity index (χ4v) is 5.39. The molecule has 2 heterocycles. The average molecular weight is 466 g/mol. The average Bonchev–Trinajstić information content (AvgIpc) is 3.35. The van der Waals surface area contributed by atoms with Gasteiger partial charge in [0, 0.05) is 12.5 Å². The second kappa shape index (κ2) is 8.82. The summed E-state index contributed by atoms with van der Waals surface area (Å²) < 4.78 is 0. The summed E-state index contributed by atoms with van der Waals surface area (Å²) in [6.45, 7) is 0.0899. The van der Waals surface area contributed by atoms with E-state index in [0.29, 0.717) is 11.1 Å². The van der Waals surface area contributed by atoms with Gasteiger partial charge in [-0.1, -0.05) is 72.8 Å². The van der Waals surface area contributed by atoms with E-state index in [2.05, 4.69) is 11.4 Å². The minimum atomic E-state index is -1.66. The Morgan fingerprint density at radius 2 is 1.51 bits per heavy atom. The monoisotopic (exact) mass is 465 g/mol. The SMILES string of the molecule is N#Cc1ccc(C2NC(Cc3ccccc3)(C(=O)O)C3C(=O)N(Cc4ccccc4)C(=O)C23)cc1. The van der Waals surface area contributed by atoms with E-state index in [0.717, 1.165) is 11.1 Å². The fourth-order valence-electron chi connectivity index (χ4n) is 5.39. The number of nitrogens with zero attached hydrogens (tertiary/aromatic N) is 2. The molecule has 174 valence electrons. The normalized spacial score (nSPS) is 25.3. The highest BCUT2D eigenvalue weighted by Crippen LogP contribution is 2.50. The van der Waals surface area contributed by atoms with Crippen molar-refractivity contribution in [2.45, 2.75) is 24.5 Å². The zero-order chi connectivity index (χ0) is 24.6. The van der Waals surface area contributed by atoms with E-state index in [1.165, 1.54) is 4.90 Å². The van der Waals surface area contributed by atoms with E-state index < -0.39 is 35.3 Å². The molecule has 2 aliphatic heterocycles. The number of nitriles is 1. The molecule has 0 aromatic heterocycles. The number of nitrogens with one attached hydrogen (secondary N) is 1. The molecule has 3 aromatic carbocycles. The van der Waals surface area contributed by atoms with Gasteiger partial charge in [0.2, 0.25) is 11.8 Å². The summed E-state index contributed by atoms with van der Waals surface area (Å²) in [6, 6.07) is 26.4.